The van der Waals surface area contributed by atoms with Crippen LogP contribution in [0.4, 0.5) is 0 Å². The van der Waals surface area contributed by atoms with Gasteiger partial charge in [-0.15, -0.1) is 22.7 Å². The highest BCUT2D eigenvalue weighted by atomic mass is 35.5. The van der Waals surface area contributed by atoms with Gasteiger partial charge in [-0.1, -0.05) is 254 Å². The molecule has 10 heterocycles. The summed E-state index contributed by atoms with van der Waals surface area (Å²) in [6.07, 6.45) is 0. The normalized spacial score (nSPS) is 12.0. The summed E-state index contributed by atoms with van der Waals surface area (Å²) in [5.74, 6) is 3.41. The van der Waals surface area contributed by atoms with Crippen LogP contribution in [0.1, 0.15) is 0 Å². The van der Waals surface area contributed by atoms with Crippen molar-refractivity contribution in [2.24, 2.45) is 0 Å². The number of furan rings is 4. The zero-order valence-corrected chi connectivity index (χ0v) is 68.5. The van der Waals surface area contributed by atoms with Crippen molar-refractivity contribution in [3.63, 3.8) is 0 Å². The predicted octanol–water partition coefficient (Wildman–Crippen LogP) is 31.5. The van der Waals surface area contributed by atoms with Gasteiger partial charge in [-0.25, -0.2) is 29.9 Å². The molecule has 18 aromatic carbocycles. The highest BCUT2D eigenvalue weighted by Crippen LogP contribution is 2.49. The number of halogens is 1. The van der Waals surface area contributed by atoms with Crippen molar-refractivity contribution in [2.45, 2.75) is 0 Å². The van der Waals surface area contributed by atoms with Gasteiger partial charge in [-0.3, -0.25) is 0 Å². The van der Waals surface area contributed by atoms with E-state index in [1.54, 1.807) is 22.7 Å². The molecule has 0 aliphatic rings. The van der Waals surface area contributed by atoms with Crippen LogP contribution in [-0.4, -0.2) is 39.5 Å². The maximum Gasteiger partial charge on any atom is 0.164 e. The number of aromatic amines is 1. The lowest BCUT2D eigenvalue weighted by molar-refractivity contribution is 0.666. The first-order chi connectivity index (χ1) is 61.9. The largest absolute Gasteiger partial charge is 0.456 e. The molecule has 28 aromatic rings. The summed E-state index contributed by atoms with van der Waals surface area (Å²) < 4.78 is 33.0. The number of hydrogen-bond acceptors (Lipinski definition) is 12. The number of nitrogens with zero attached hydrogens (tertiary/aromatic N) is 7. The first kappa shape index (κ1) is 70.8. The van der Waals surface area contributed by atoms with Gasteiger partial charge in [-0.05, 0) is 143 Å². The molecule has 0 bridgehead atoms. The van der Waals surface area contributed by atoms with Crippen molar-refractivity contribution in [2.75, 3.05) is 0 Å². The highest BCUT2D eigenvalue weighted by molar-refractivity contribution is 7.26. The van der Waals surface area contributed by atoms with Crippen molar-refractivity contribution in [3.05, 3.63) is 369 Å². The van der Waals surface area contributed by atoms with Crippen LogP contribution in [-0.2, 0) is 0 Å². The molecular weight excluding hydrogens is 1600 g/mol. The molecule has 0 atom stereocenters. The van der Waals surface area contributed by atoms with Crippen molar-refractivity contribution < 1.29 is 17.7 Å². The zero-order valence-electron chi connectivity index (χ0n) is 66.1. The number of hydrogen-bond donors (Lipinski definition) is 1. The van der Waals surface area contributed by atoms with E-state index < -0.39 is 0 Å². The van der Waals surface area contributed by atoms with E-state index in [-0.39, 0.29) is 0 Å². The van der Waals surface area contributed by atoms with Gasteiger partial charge in [-0.2, -0.15) is 0 Å². The van der Waals surface area contributed by atoms with E-state index in [1.165, 1.54) is 83.7 Å². The molecule has 28 rings (SSSR count). The molecule has 0 radical (unpaired) electrons. The molecular formula is C110H61ClN8O4S2. The van der Waals surface area contributed by atoms with Crippen molar-refractivity contribution >= 4 is 228 Å². The maximum atomic E-state index is 6.97. The number of nitrogens with one attached hydrogen (secondary N) is 1. The number of rotatable bonds is 7. The smallest absolute Gasteiger partial charge is 0.164 e. The summed E-state index contributed by atoms with van der Waals surface area (Å²) in [6.45, 7) is 0. The van der Waals surface area contributed by atoms with Crippen molar-refractivity contribution in [3.8, 4) is 74.0 Å². The van der Waals surface area contributed by atoms with Crippen LogP contribution in [0.25, 0.3) is 267 Å². The minimum atomic E-state index is 0.536. The average Bonchev–Trinajstić information content (AvgIpc) is 1.58. The van der Waals surface area contributed by atoms with Gasteiger partial charge in [0.15, 0.2) is 46.1 Å². The molecule has 0 aliphatic heterocycles. The number of fused-ring (bicyclic) bond motifs is 26. The fourth-order valence-electron chi connectivity index (χ4n) is 18.9. The number of thiophene rings is 2. The van der Waals surface area contributed by atoms with E-state index in [0.29, 0.717) is 45.6 Å². The highest BCUT2D eigenvalue weighted by Gasteiger charge is 2.28. The Hall–Kier alpha value is -16.0. The Kier molecular flexibility index (Phi) is 15.9. The first-order valence-electron chi connectivity index (χ1n) is 41.4. The molecule has 0 unspecified atom stereocenters. The number of benzene rings is 18. The third kappa shape index (κ3) is 11.3. The Morgan fingerprint density at radius 3 is 1.12 bits per heavy atom. The van der Waals surface area contributed by atoms with Gasteiger partial charge in [0.25, 0.3) is 0 Å². The van der Waals surface area contributed by atoms with Crippen LogP contribution in [0, 0.1) is 0 Å². The fraction of sp³-hybridized carbons (Fsp3) is 0. The van der Waals surface area contributed by atoms with E-state index in [9.17, 15) is 0 Å². The van der Waals surface area contributed by atoms with E-state index in [2.05, 4.69) is 264 Å². The van der Waals surface area contributed by atoms with E-state index in [4.69, 9.17) is 59.2 Å². The Bertz CT molecular complexity index is 9140. The minimum absolute atomic E-state index is 0.536. The zero-order chi connectivity index (χ0) is 82.1. The van der Waals surface area contributed by atoms with Crippen molar-refractivity contribution in [1.82, 2.24) is 39.5 Å². The third-order valence-corrected chi connectivity index (χ3v) is 27.0. The Balaban J connectivity index is 0.000000115. The summed E-state index contributed by atoms with van der Waals surface area (Å²) in [5, 5.41) is 22.8. The number of para-hydroxylation sites is 6. The minimum Gasteiger partial charge on any atom is -0.456 e. The van der Waals surface area contributed by atoms with E-state index >= 15 is 0 Å². The molecule has 10 aromatic heterocycles. The Labute approximate surface area is 722 Å². The first-order valence-corrected chi connectivity index (χ1v) is 43.4. The van der Waals surface area contributed by atoms with Crippen LogP contribution >= 0.6 is 34.3 Å². The molecule has 0 saturated heterocycles. The van der Waals surface area contributed by atoms with E-state index in [1.807, 2.05) is 109 Å². The second kappa shape index (κ2) is 28.1. The molecule has 0 fully saturated rings. The van der Waals surface area contributed by atoms with Gasteiger partial charge in [0.2, 0.25) is 0 Å². The average molecular weight is 1660 g/mol. The van der Waals surface area contributed by atoms with Crippen LogP contribution < -0.4 is 0 Å². The SMILES string of the molecule is Clc1ccc(-c2nc(-c3cccc4oc5ccccc5c34)nc(-c3cccc4sc5ccccc5c34)n2)c2c1oc1ccccc12.c1ccc2cc3c(cc2c1)[nH]c1ccccc13.c1ccc2cc3c(cc2c1)c1ccccc1n3-c1ccc(-c2nc(-c3cccc4oc5ccccc5c34)nc(-c3cccc4sc5ccccc5c34)n2)c2c1oc1ccccc12. The summed E-state index contributed by atoms with van der Waals surface area (Å²) >= 11 is 10.3. The fourth-order valence-corrected chi connectivity index (χ4v) is 21.4. The molecule has 1 N–H and O–H groups in total. The molecule has 15 heteroatoms. The van der Waals surface area contributed by atoms with Gasteiger partial charge in [0.1, 0.15) is 33.5 Å². The summed E-state index contributed by atoms with van der Waals surface area (Å²) in [7, 11) is 0. The quantitative estimate of drug-likeness (QED) is 0.163. The van der Waals surface area contributed by atoms with Crippen LogP contribution in [0.3, 0.4) is 0 Å². The van der Waals surface area contributed by atoms with Crippen LogP contribution in [0.15, 0.2) is 382 Å². The number of H-pyrrole nitrogens is 1. The lowest BCUT2D eigenvalue weighted by Crippen LogP contribution is -2.02. The molecule has 0 amide bonds. The van der Waals surface area contributed by atoms with Gasteiger partial charge in [0, 0.05) is 149 Å². The van der Waals surface area contributed by atoms with Gasteiger partial charge >= 0.3 is 0 Å². The molecule has 0 saturated carbocycles. The lowest BCUT2D eigenvalue weighted by Gasteiger charge is -2.13. The Morgan fingerprint density at radius 2 is 0.592 bits per heavy atom. The van der Waals surface area contributed by atoms with Crippen LogP contribution in [0.2, 0.25) is 5.02 Å². The standard InChI is InChI=1S/C55H30N4O2S.C39H20ClN3O2S.C16H11N/c1-2-14-32-30-43-40(29-31(32)13-1)33-15-3-7-21-41(33)59(43)42-28-27-39(51-35-17-5-9-23-45(35)61-52(42)51)55-57-53(37-19-11-24-46-49(37)34-16-4-8-22-44(34)60-46)56-54(58-55)38-20-12-26-48-50(38)36-18-6-10-25-47(36)62-48;40-27-20-19-26(35-22-10-2-5-15-29(22)45-36(27)35)39-42-37(24-12-7-16-30-33(24)21-9-1-4-14-28(21)44-30)41-38(43-39)25-13-8-18-32-34(25)23-11-3-6-17-31(23)46-32;1-2-6-12-10-16-14(9-11(12)5-1)13-7-3-4-8-15(13)17-16/h1-30H;1-20H;1-10,17H. The second-order valence-electron chi connectivity index (χ2n) is 31.5. The lowest BCUT2D eigenvalue weighted by atomic mass is 10.0. The maximum absolute atomic E-state index is 6.97. The van der Waals surface area contributed by atoms with E-state index in [0.717, 1.165) is 143 Å². The summed E-state index contributed by atoms with van der Waals surface area (Å²) in [4.78, 5) is 35.3. The molecule has 12 nitrogen and oxygen atoms in total. The topological polar surface area (TPSA) is 151 Å². The van der Waals surface area contributed by atoms with Crippen LogP contribution in [0.5, 0.6) is 0 Å². The molecule has 584 valence electrons. The second-order valence-corrected chi connectivity index (χ2v) is 34.1. The molecule has 0 aliphatic carbocycles. The third-order valence-electron chi connectivity index (χ3n) is 24.5. The molecule has 125 heavy (non-hydrogen) atoms. The predicted molar refractivity (Wildman–Crippen MR) is 517 cm³/mol. The van der Waals surface area contributed by atoms with Gasteiger partial charge in [0.05, 0.1) is 21.7 Å². The monoisotopic (exact) mass is 1660 g/mol. The molecule has 0 spiro atoms. The Morgan fingerprint density at radius 1 is 0.232 bits per heavy atom. The number of aromatic nitrogens is 8. The summed E-state index contributed by atoms with van der Waals surface area (Å²) in [6, 6.07) is 126. The van der Waals surface area contributed by atoms with Gasteiger partial charge < -0.3 is 27.2 Å². The summed E-state index contributed by atoms with van der Waals surface area (Å²) in [5.41, 5.74) is 17.0. The van der Waals surface area contributed by atoms with Crippen molar-refractivity contribution in [1.29, 1.82) is 0 Å².